The van der Waals surface area contributed by atoms with Crippen molar-refractivity contribution in [3.63, 3.8) is 0 Å². The predicted molar refractivity (Wildman–Crippen MR) is 112 cm³/mol. The number of hydrogen-bond donors (Lipinski definition) is 3. The number of carbonyl (C=O) groups is 3. The third-order valence-corrected chi connectivity index (χ3v) is 5.02. The first-order chi connectivity index (χ1) is 13.4. The van der Waals surface area contributed by atoms with Gasteiger partial charge in [-0.1, -0.05) is 50.0 Å². The molecule has 3 rings (SSSR count). The molecule has 2 aliphatic carbocycles. The summed E-state index contributed by atoms with van der Waals surface area (Å²) < 4.78 is 0. The Labute approximate surface area is 192 Å². The van der Waals surface area contributed by atoms with Crippen LogP contribution in [0, 0.1) is 11.8 Å². The molecule has 2 fully saturated rings. The van der Waals surface area contributed by atoms with Crippen LogP contribution in [0.25, 0.3) is 0 Å². The Morgan fingerprint density at radius 2 is 1.28 bits per heavy atom. The van der Waals surface area contributed by atoms with Crippen molar-refractivity contribution in [3.05, 3.63) is 48.0 Å². The number of carboxylic acids is 3. The molecule has 0 saturated heterocycles. The van der Waals surface area contributed by atoms with Gasteiger partial charge in [0.2, 0.25) is 0 Å². The molecule has 0 aliphatic heterocycles. The number of benzene rings is 1. The van der Waals surface area contributed by atoms with Crippen molar-refractivity contribution in [1.29, 1.82) is 0 Å². The van der Waals surface area contributed by atoms with Crippen LogP contribution in [-0.2, 0) is 16.0 Å². The van der Waals surface area contributed by atoms with Gasteiger partial charge in [0.1, 0.15) is 0 Å². The Hall–Kier alpha value is -1.71. The predicted octanol–water partition coefficient (Wildman–Crippen LogP) is 4.25. The third-order valence-electron chi connectivity index (χ3n) is 5.02. The van der Waals surface area contributed by atoms with Gasteiger partial charge in [-0.15, -0.1) is 6.58 Å². The average Bonchev–Trinajstić information content (AvgIpc) is 3.37. The van der Waals surface area contributed by atoms with E-state index in [1.54, 1.807) is 24.3 Å². The summed E-state index contributed by atoms with van der Waals surface area (Å²) in [5, 5.41) is 25.6. The molecular formula is C22H30O6Pb. The zero-order valence-electron chi connectivity index (χ0n) is 16.7. The van der Waals surface area contributed by atoms with Crippen LogP contribution in [0.15, 0.2) is 36.9 Å². The van der Waals surface area contributed by atoms with Gasteiger partial charge in [-0.05, 0) is 43.7 Å². The normalized spacial score (nSPS) is 15.7. The van der Waals surface area contributed by atoms with Crippen molar-refractivity contribution in [2.45, 2.75) is 57.8 Å². The summed E-state index contributed by atoms with van der Waals surface area (Å²) in [6.45, 7) is 3.56. The number of allylic oxidation sites excluding steroid dienone is 1. The fourth-order valence-corrected chi connectivity index (χ4v) is 3.41. The second-order valence-corrected chi connectivity index (χ2v) is 7.09. The minimum Gasteiger partial charge on any atom is -0.481 e. The smallest absolute Gasteiger partial charge is 0.335 e. The summed E-state index contributed by atoms with van der Waals surface area (Å²) in [5.41, 5.74) is 1.16. The summed E-state index contributed by atoms with van der Waals surface area (Å²) in [7, 11) is 0. The molecule has 1 aromatic rings. The van der Waals surface area contributed by atoms with E-state index in [-0.39, 0.29) is 39.1 Å². The van der Waals surface area contributed by atoms with Gasteiger partial charge in [0.15, 0.2) is 0 Å². The van der Waals surface area contributed by atoms with Gasteiger partial charge in [-0.3, -0.25) is 9.59 Å². The zero-order chi connectivity index (χ0) is 20.9. The number of aliphatic carboxylic acids is 2. The van der Waals surface area contributed by atoms with Gasteiger partial charge in [-0.2, -0.15) is 0 Å². The SMILES string of the molecule is C=CCc1ccccc1C(=O)O.O=C(O)C1CCCC1.O=C(O)C1CCCC1.[Pb]. The Balaban J connectivity index is 0.000000411. The van der Waals surface area contributed by atoms with Gasteiger partial charge in [0, 0.05) is 27.3 Å². The molecule has 0 heterocycles. The molecule has 7 heteroatoms. The Kier molecular flexibility index (Phi) is 14.3. The monoisotopic (exact) mass is 598 g/mol. The second kappa shape index (κ2) is 15.2. The third kappa shape index (κ3) is 10.6. The van der Waals surface area contributed by atoms with E-state index in [2.05, 4.69) is 6.58 Å². The van der Waals surface area contributed by atoms with Crippen molar-refractivity contribution >= 4 is 45.2 Å². The number of rotatable bonds is 5. The molecule has 0 aromatic heterocycles. The summed E-state index contributed by atoms with van der Waals surface area (Å²) >= 11 is 0. The molecule has 6 nitrogen and oxygen atoms in total. The quantitative estimate of drug-likeness (QED) is 0.346. The molecular weight excluding hydrogens is 567 g/mol. The van der Waals surface area contributed by atoms with Gasteiger partial charge < -0.3 is 15.3 Å². The van der Waals surface area contributed by atoms with E-state index in [0.29, 0.717) is 12.0 Å². The fourth-order valence-electron chi connectivity index (χ4n) is 3.41. The minimum atomic E-state index is -0.882. The van der Waals surface area contributed by atoms with Gasteiger partial charge >= 0.3 is 17.9 Å². The van der Waals surface area contributed by atoms with E-state index in [4.69, 9.17) is 15.3 Å². The number of carboxylic acid groups (broad SMARTS) is 3. The Morgan fingerprint density at radius 3 is 1.59 bits per heavy atom. The van der Waals surface area contributed by atoms with Crippen LogP contribution in [0.4, 0.5) is 0 Å². The zero-order valence-corrected chi connectivity index (χ0v) is 20.6. The van der Waals surface area contributed by atoms with Crippen LogP contribution in [0.5, 0.6) is 0 Å². The van der Waals surface area contributed by atoms with E-state index < -0.39 is 17.9 Å². The molecule has 0 amide bonds. The summed E-state index contributed by atoms with van der Waals surface area (Å²) in [4.78, 5) is 31.1. The fraction of sp³-hybridized carbons (Fsp3) is 0.500. The number of hydrogen-bond acceptors (Lipinski definition) is 3. The maximum Gasteiger partial charge on any atom is 0.335 e. The first-order valence-corrected chi connectivity index (χ1v) is 9.74. The van der Waals surface area contributed by atoms with E-state index in [1.807, 2.05) is 6.07 Å². The first-order valence-electron chi connectivity index (χ1n) is 9.74. The van der Waals surface area contributed by atoms with Crippen LogP contribution in [-0.4, -0.2) is 60.5 Å². The van der Waals surface area contributed by atoms with Crippen molar-refractivity contribution in [2.24, 2.45) is 11.8 Å². The maximum absolute atomic E-state index is 10.7. The van der Waals surface area contributed by atoms with Crippen LogP contribution in [0.1, 0.15) is 67.3 Å². The minimum absolute atomic E-state index is 0. The molecule has 158 valence electrons. The topological polar surface area (TPSA) is 112 Å². The summed E-state index contributed by atoms with van der Waals surface area (Å²) in [5.74, 6) is -2.14. The van der Waals surface area contributed by atoms with Gasteiger partial charge in [-0.25, -0.2) is 4.79 Å². The van der Waals surface area contributed by atoms with Crippen LogP contribution >= 0.6 is 0 Å². The van der Waals surface area contributed by atoms with E-state index in [9.17, 15) is 14.4 Å². The largest absolute Gasteiger partial charge is 0.481 e. The summed E-state index contributed by atoms with van der Waals surface area (Å²) in [6.07, 6.45) is 10.3. The molecule has 0 bridgehead atoms. The van der Waals surface area contributed by atoms with Crippen molar-refractivity contribution in [1.82, 2.24) is 0 Å². The van der Waals surface area contributed by atoms with Gasteiger partial charge in [0.25, 0.3) is 0 Å². The molecule has 2 aliphatic rings. The van der Waals surface area contributed by atoms with Crippen LogP contribution < -0.4 is 0 Å². The second-order valence-electron chi connectivity index (χ2n) is 7.09. The Morgan fingerprint density at radius 1 is 0.862 bits per heavy atom. The van der Waals surface area contributed by atoms with Crippen molar-refractivity contribution < 1.29 is 29.7 Å². The summed E-state index contributed by atoms with van der Waals surface area (Å²) in [6, 6.07) is 6.94. The van der Waals surface area contributed by atoms with E-state index in [0.717, 1.165) is 56.9 Å². The van der Waals surface area contributed by atoms with Crippen LogP contribution in [0.3, 0.4) is 0 Å². The standard InChI is InChI=1S/C10H10O2.2C6H10O2.Pb/c1-2-5-8-6-3-4-7-9(8)10(11)12;2*7-6(8)5-3-1-2-4-5;/h2-4,6-7H,1,5H2,(H,11,12);2*5H,1-4H2,(H,7,8);. The molecule has 3 N–H and O–H groups in total. The van der Waals surface area contributed by atoms with Crippen LogP contribution in [0.2, 0.25) is 0 Å². The van der Waals surface area contributed by atoms with Gasteiger partial charge in [0.05, 0.1) is 17.4 Å². The van der Waals surface area contributed by atoms with Crippen molar-refractivity contribution in [3.8, 4) is 0 Å². The molecule has 1 aromatic carbocycles. The van der Waals surface area contributed by atoms with E-state index >= 15 is 0 Å². The molecule has 0 atom stereocenters. The number of aromatic carboxylic acids is 1. The average molecular weight is 598 g/mol. The molecule has 4 radical (unpaired) electrons. The van der Waals surface area contributed by atoms with E-state index in [1.165, 1.54) is 0 Å². The molecule has 29 heavy (non-hydrogen) atoms. The molecule has 0 spiro atoms. The first kappa shape index (κ1) is 27.3. The Bertz CT molecular complexity index is 635. The molecule has 0 unspecified atom stereocenters. The maximum atomic E-state index is 10.7. The molecule has 2 saturated carbocycles. The van der Waals surface area contributed by atoms with Crippen molar-refractivity contribution in [2.75, 3.05) is 0 Å².